The predicted molar refractivity (Wildman–Crippen MR) is 148 cm³/mol. The van der Waals surface area contributed by atoms with Crippen LogP contribution in [0.1, 0.15) is 46.2 Å². The Morgan fingerprint density at radius 3 is 2.51 bits per heavy atom. The van der Waals surface area contributed by atoms with E-state index in [1.807, 2.05) is 58.8 Å². The molecule has 7 nitrogen and oxygen atoms in total. The number of amides is 2. The quantitative estimate of drug-likeness (QED) is 0.446. The van der Waals surface area contributed by atoms with Crippen molar-refractivity contribution in [3.05, 3.63) is 75.2 Å². The Morgan fingerprint density at radius 2 is 1.76 bits per heavy atom. The minimum Gasteiger partial charge on any atom is -0.378 e. The molecule has 37 heavy (non-hydrogen) atoms. The molecule has 5 rings (SSSR count). The summed E-state index contributed by atoms with van der Waals surface area (Å²) < 4.78 is 5.46. The number of nitrogens with zero attached hydrogens (tertiary/aromatic N) is 3. The van der Waals surface area contributed by atoms with Crippen molar-refractivity contribution in [2.75, 3.05) is 49.6 Å². The van der Waals surface area contributed by atoms with Crippen molar-refractivity contribution in [3.63, 3.8) is 0 Å². The highest BCUT2D eigenvalue weighted by Crippen LogP contribution is 2.32. The maximum Gasteiger partial charge on any atom is 0.275 e. The van der Waals surface area contributed by atoms with Gasteiger partial charge in [0.15, 0.2) is 0 Å². The number of carbonyl (C=O) groups is 2. The minimum atomic E-state index is -0.196. The number of nitrogens with one attached hydrogen (secondary N) is 1. The van der Waals surface area contributed by atoms with Gasteiger partial charge >= 0.3 is 0 Å². The number of rotatable bonds is 7. The van der Waals surface area contributed by atoms with Gasteiger partial charge in [0.1, 0.15) is 5.69 Å². The number of benzene rings is 2. The van der Waals surface area contributed by atoms with Crippen LogP contribution < -0.4 is 10.2 Å². The molecule has 0 spiro atoms. The van der Waals surface area contributed by atoms with Gasteiger partial charge in [0.2, 0.25) is 5.91 Å². The lowest BCUT2D eigenvalue weighted by Gasteiger charge is -2.31. The molecule has 2 aliphatic rings. The summed E-state index contributed by atoms with van der Waals surface area (Å²) in [4.78, 5) is 34.6. The van der Waals surface area contributed by atoms with E-state index in [1.54, 1.807) is 0 Å². The predicted octanol–water partition coefficient (Wildman–Crippen LogP) is 5.22. The normalized spacial score (nSPS) is 16.6. The third-order valence-electron chi connectivity index (χ3n) is 7.00. The molecule has 1 N–H and O–H groups in total. The molecule has 2 fully saturated rings. The highest BCUT2D eigenvalue weighted by molar-refractivity contribution is 7.10. The number of para-hydroxylation sites is 2. The van der Waals surface area contributed by atoms with Gasteiger partial charge in [-0.15, -0.1) is 11.3 Å². The van der Waals surface area contributed by atoms with Crippen LogP contribution >= 0.6 is 22.9 Å². The number of morpholine rings is 1. The molecule has 0 aliphatic carbocycles. The Balaban J connectivity index is 1.13. The number of halogens is 1. The summed E-state index contributed by atoms with van der Waals surface area (Å²) in [7, 11) is 0. The van der Waals surface area contributed by atoms with Crippen molar-refractivity contribution < 1.29 is 14.3 Å². The van der Waals surface area contributed by atoms with Crippen molar-refractivity contribution >= 4 is 46.1 Å². The minimum absolute atomic E-state index is 0.187. The van der Waals surface area contributed by atoms with Crippen LogP contribution in [0.2, 0.25) is 5.02 Å². The monoisotopic (exact) mass is 538 g/mol. The van der Waals surface area contributed by atoms with Crippen LogP contribution in [0.4, 0.5) is 11.4 Å². The van der Waals surface area contributed by atoms with Gasteiger partial charge in [0, 0.05) is 48.9 Å². The van der Waals surface area contributed by atoms with Crippen LogP contribution in [0.3, 0.4) is 0 Å². The smallest absolute Gasteiger partial charge is 0.275 e. The molecule has 2 amide bonds. The molecule has 9 heteroatoms. The van der Waals surface area contributed by atoms with Gasteiger partial charge in [-0.2, -0.15) is 0 Å². The molecule has 0 saturated carbocycles. The summed E-state index contributed by atoms with van der Waals surface area (Å²) in [6, 6.07) is 15.5. The summed E-state index contributed by atoms with van der Waals surface area (Å²) in [5.74, 6) is 0.261. The van der Waals surface area contributed by atoms with Crippen molar-refractivity contribution in [2.45, 2.75) is 31.6 Å². The molecular formula is C28H31ClN4O3S. The maximum atomic E-state index is 13.0. The molecule has 0 unspecified atom stereocenters. The molecule has 0 atom stereocenters. The number of thiazole rings is 1. The fourth-order valence-electron chi connectivity index (χ4n) is 4.86. The number of ether oxygens (including phenoxy) is 1. The van der Waals surface area contributed by atoms with E-state index in [4.69, 9.17) is 16.3 Å². The van der Waals surface area contributed by atoms with E-state index in [0.29, 0.717) is 30.4 Å². The zero-order chi connectivity index (χ0) is 25.6. The van der Waals surface area contributed by atoms with Gasteiger partial charge in [-0.1, -0.05) is 35.9 Å². The van der Waals surface area contributed by atoms with E-state index in [2.05, 4.69) is 15.2 Å². The Labute approximate surface area is 226 Å². The average Bonchev–Trinajstić information content (AvgIpc) is 3.44. The first-order valence-electron chi connectivity index (χ1n) is 12.8. The highest BCUT2D eigenvalue weighted by Gasteiger charge is 2.26. The molecule has 3 aromatic rings. The van der Waals surface area contributed by atoms with Crippen molar-refractivity contribution in [1.29, 1.82) is 0 Å². The summed E-state index contributed by atoms with van der Waals surface area (Å²) in [6.45, 7) is 4.41. The van der Waals surface area contributed by atoms with E-state index in [-0.39, 0.29) is 17.7 Å². The molecule has 1 aromatic heterocycles. The Hall–Kier alpha value is -2.94. The lowest BCUT2D eigenvalue weighted by atomic mass is 9.97. The van der Waals surface area contributed by atoms with Crippen molar-refractivity contribution in [3.8, 4) is 0 Å². The topological polar surface area (TPSA) is 74.8 Å². The number of anilines is 2. The SMILES string of the molecule is O=C(Nc1ccccc1N1CCOCC1)c1csc(C2CCN(C(=O)CCc3ccc(Cl)cc3)CC2)n1. The lowest BCUT2D eigenvalue weighted by molar-refractivity contribution is -0.132. The Kier molecular flexibility index (Phi) is 8.38. The maximum absolute atomic E-state index is 13.0. The number of carbonyl (C=O) groups excluding carboxylic acids is 2. The number of aryl methyl sites for hydroxylation is 1. The Morgan fingerprint density at radius 1 is 1.03 bits per heavy atom. The summed E-state index contributed by atoms with van der Waals surface area (Å²) in [5.41, 5.74) is 3.35. The van der Waals surface area contributed by atoms with Crippen molar-refractivity contribution in [1.82, 2.24) is 9.88 Å². The Bertz CT molecular complexity index is 1220. The van der Waals surface area contributed by atoms with Gasteiger partial charge in [-0.3, -0.25) is 9.59 Å². The van der Waals surface area contributed by atoms with Crippen LogP contribution in [0.15, 0.2) is 53.9 Å². The second-order valence-electron chi connectivity index (χ2n) is 9.42. The molecule has 2 saturated heterocycles. The average molecular weight is 539 g/mol. The number of piperidine rings is 1. The molecule has 2 aromatic carbocycles. The second-order valence-corrected chi connectivity index (χ2v) is 10.7. The highest BCUT2D eigenvalue weighted by atomic mass is 35.5. The van der Waals surface area contributed by atoms with E-state index < -0.39 is 0 Å². The first-order valence-corrected chi connectivity index (χ1v) is 14.0. The van der Waals surface area contributed by atoms with Gasteiger partial charge in [0.05, 0.1) is 29.6 Å². The van der Waals surface area contributed by atoms with Crippen LogP contribution in [0.5, 0.6) is 0 Å². The summed E-state index contributed by atoms with van der Waals surface area (Å²) in [5, 5.41) is 6.57. The van der Waals surface area contributed by atoms with E-state index in [0.717, 1.165) is 67.4 Å². The van der Waals surface area contributed by atoms with E-state index in [9.17, 15) is 9.59 Å². The second kappa shape index (κ2) is 12.1. The molecular weight excluding hydrogens is 508 g/mol. The fraction of sp³-hybridized carbons (Fsp3) is 0.393. The van der Waals surface area contributed by atoms with Gasteiger partial charge in [0.25, 0.3) is 5.91 Å². The number of aromatic nitrogens is 1. The number of hydrogen-bond acceptors (Lipinski definition) is 6. The first kappa shape index (κ1) is 25.7. The van der Waals surface area contributed by atoms with Gasteiger partial charge in [-0.25, -0.2) is 4.98 Å². The molecule has 194 valence electrons. The fourth-order valence-corrected chi connectivity index (χ4v) is 5.96. The number of hydrogen-bond donors (Lipinski definition) is 1. The first-order chi connectivity index (χ1) is 18.1. The molecule has 3 heterocycles. The van der Waals surface area contributed by atoms with Crippen molar-refractivity contribution in [2.24, 2.45) is 0 Å². The molecule has 0 radical (unpaired) electrons. The van der Waals surface area contributed by atoms with E-state index in [1.165, 1.54) is 11.3 Å². The van der Waals surface area contributed by atoms with Crippen LogP contribution in [-0.2, 0) is 16.0 Å². The number of likely N-dealkylation sites (tertiary alicyclic amines) is 1. The summed E-state index contributed by atoms with van der Waals surface area (Å²) in [6.07, 6.45) is 2.94. The van der Waals surface area contributed by atoms with Crippen LogP contribution in [0.25, 0.3) is 0 Å². The van der Waals surface area contributed by atoms with Crippen LogP contribution in [0, 0.1) is 0 Å². The van der Waals surface area contributed by atoms with Crippen LogP contribution in [-0.4, -0.2) is 61.1 Å². The molecule has 0 bridgehead atoms. The largest absolute Gasteiger partial charge is 0.378 e. The zero-order valence-corrected chi connectivity index (χ0v) is 22.3. The summed E-state index contributed by atoms with van der Waals surface area (Å²) >= 11 is 7.48. The zero-order valence-electron chi connectivity index (χ0n) is 20.7. The van der Waals surface area contributed by atoms with Gasteiger partial charge in [-0.05, 0) is 49.1 Å². The standard InChI is InChI=1S/C28H31ClN4O3S/c29-22-8-5-20(6-9-22)7-10-26(34)33-13-11-21(12-14-33)28-31-24(19-37-28)27(35)30-23-3-1-2-4-25(23)32-15-17-36-18-16-32/h1-6,8-9,19,21H,7,10-18H2,(H,30,35). The molecule has 2 aliphatic heterocycles. The van der Waals surface area contributed by atoms with E-state index >= 15 is 0 Å². The third-order valence-corrected chi connectivity index (χ3v) is 8.26. The van der Waals surface area contributed by atoms with Gasteiger partial charge < -0.3 is 19.9 Å². The third kappa shape index (κ3) is 6.50. The lowest BCUT2D eigenvalue weighted by Crippen LogP contribution is -2.38.